The Morgan fingerprint density at radius 3 is 2.64 bits per heavy atom. The molecule has 0 spiro atoms. The zero-order chi connectivity index (χ0) is 17.6. The number of likely N-dealkylation sites (N-methyl/N-ethyl adjacent to an activating group) is 1. The van der Waals surface area contributed by atoms with Crippen molar-refractivity contribution in [3.05, 3.63) is 65.2 Å². The summed E-state index contributed by atoms with van der Waals surface area (Å²) in [5, 5.41) is 0. The lowest BCUT2D eigenvalue weighted by molar-refractivity contribution is -0.0164. The van der Waals surface area contributed by atoms with Crippen molar-refractivity contribution < 1.29 is 14.3 Å². The molecule has 5 heteroatoms. The summed E-state index contributed by atoms with van der Waals surface area (Å²) in [5.41, 5.74) is 2.71. The maximum absolute atomic E-state index is 13.1. The summed E-state index contributed by atoms with van der Waals surface area (Å²) in [6.07, 6.45) is 0. The smallest absolute Gasteiger partial charge is 0.254 e. The molecule has 5 nitrogen and oxygen atoms in total. The molecule has 0 radical (unpaired) electrons. The first-order valence-electron chi connectivity index (χ1n) is 8.45. The van der Waals surface area contributed by atoms with Crippen LogP contribution in [0.15, 0.2) is 48.5 Å². The topological polar surface area (TPSA) is 42.0 Å². The first-order chi connectivity index (χ1) is 12.1. The van der Waals surface area contributed by atoms with E-state index in [2.05, 4.69) is 4.90 Å². The van der Waals surface area contributed by atoms with Gasteiger partial charge in [-0.25, -0.2) is 0 Å². The normalized spacial score (nSPS) is 13.2. The van der Waals surface area contributed by atoms with E-state index < -0.39 is 0 Å². The van der Waals surface area contributed by atoms with Crippen molar-refractivity contribution in [2.45, 2.75) is 13.2 Å². The average molecular weight is 340 g/mol. The second kappa shape index (κ2) is 8.14. The fourth-order valence-corrected chi connectivity index (χ4v) is 2.78. The second-order valence-corrected chi connectivity index (χ2v) is 6.45. The van der Waals surface area contributed by atoms with Crippen LogP contribution in [-0.4, -0.2) is 49.7 Å². The molecular weight excluding hydrogens is 316 g/mol. The lowest BCUT2D eigenvalue weighted by atomic mass is 10.1. The second-order valence-electron chi connectivity index (χ2n) is 6.45. The van der Waals surface area contributed by atoms with E-state index in [0.717, 1.165) is 23.4 Å². The van der Waals surface area contributed by atoms with Crippen LogP contribution in [0, 0.1) is 0 Å². The molecule has 1 heterocycles. The highest BCUT2D eigenvalue weighted by Crippen LogP contribution is 2.25. The minimum atomic E-state index is 0.0269. The molecule has 0 aromatic heterocycles. The largest absolute Gasteiger partial charge is 0.467 e. The molecule has 132 valence electrons. The average Bonchev–Trinajstić information content (AvgIpc) is 2.65. The summed E-state index contributed by atoms with van der Waals surface area (Å²) in [7, 11) is 4.03. The lowest BCUT2D eigenvalue weighted by Crippen LogP contribution is -2.36. The molecule has 0 saturated carbocycles. The van der Waals surface area contributed by atoms with Crippen LogP contribution in [0.4, 0.5) is 0 Å². The van der Waals surface area contributed by atoms with E-state index in [1.165, 1.54) is 0 Å². The van der Waals surface area contributed by atoms with Crippen LogP contribution >= 0.6 is 0 Å². The van der Waals surface area contributed by atoms with Crippen LogP contribution < -0.4 is 4.74 Å². The third-order valence-electron chi connectivity index (χ3n) is 4.18. The molecule has 0 atom stereocenters. The van der Waals surface area contributed by atoms with Gasteiger partial charge >= 0.3 is 0 Å². The third kappa shape index (κ3) is 4.59. The van der Waals surface area contributed by atoms with Gasteiger partial charge < -0.3 is 19.3 Å². The molecular formula is C20H24N2O3. The van der Waals surface area contributed by atoms with Crippen molar-refractivity contribution in [3.63, 3.8) is 0 Å². The van der Waals surface area contributed by atoms with Gasteiger partial charge in [-0.1, -0.05) is 30.3 Å². The zero-order valence-electron chi connectivity index (χ0n) is 14.8. The third-order valence-corrected chi connectivity index (χ3v) is 4.18. The molecule has 0 unspecified atom stereocenters. The van der Waals surface area contributed by atoms with Crippen molar-refractivity contribution >= 4 is 5.91 Å². The number of amides is 1. The fraction of sp³-hybridized carbons (Fsp3) is 0.350. The molecule has 1 amide bonds. The molecule has 3 rings (SSSR count). The van der Waals surface area contributed by atoms with Crippen molar-refractivity contribution in [1.82, 2.24) is 9.80 Å². The Bertz CT molecular complexity index is 716. The number of hydrogen-bond acceptors (Lipinski definition) is 4. The number of carbonyl (C=O) groups excluding carboxylic acids is 1. The minimum absolute atomic E-state index is 0.0269. The van der Waals surface area contributed by atoms with Crippen LogP contribution in [0.25, 0.3) is 0 Å². The highest BCUT2D eigenvalue weighted by atomic mass is 16.7. The first-order valence-corrected chi connectivity index (χ1v) is 8.45. The van der Waals surface area contributed by atoms with Crippen molar-refractivity contribution in [3.8, 4) is 5.75 Å². The molecule has 25 heavy (non-hydrogen) atoms. The Kier molecular flexibility index (Phi) is 5.68. The molecule has 0 aliphatic carbocycles. The summed E-state index contributed by atoms with van der Waals surface area (Å²) in [6.45, 7) is 2.83. The summed E-state index contributed by atoms with van der Waals surface area (Å²) < 4.78 is 10.8. The fourth-order valence-electron chi connectivity index (χ4n) is 2.78. The minimum Gasteiger partial charge on any atom is -0.467 e. The highest BCUT2D eigenvalue weighted by molar-refractivity contribution is 5.94. The van der Waals surface area contributed by atoms with E-state index in [1.807, 2.05) is 67.5 Å². The number of fused-ring (bicyclic) bond motifs is 1. The molecule has 2 aromatic rings. The Labute approximate surface area is 148 Å². The maximum atomic E-state index is 13.1. The molecule has 1 aliphatic heterocycles. The van der Waals surface area contributed by atoms with Crippen LogP contribution in [0.3, 0.4) is 0 Å². The van der Waals surface area contributed by atoms with E-state index in [4.69, 9.17) is 9.47 Å². The zero-order valence-corrected chi connectivity index (χ0v) is 14.8. The Balaban J connectivity index is 1.80. The number of carbonyl (C=O) groups is 1. The number of rotatable bonds is 6. The van der Waals surface area contributed by atoms with Gasteiger partial charge in [0, 0.05) is 30.8 Å². The summed E-state index contributed by atoms with van der Waals surface area (Å²) >= 11 is 0. The van der Waals surface area contributed by atoms with E-state index in [-0.39, 0.29) is 12.7 Å². The van der Waals surface area contributed by atoms with E-state index in [0.29, 0.717) is 25.3 Å². The van der Waals surface area contributed by atoms with E-state index in [1.54, 1.807) is 0 Å². The lowest BCUT2D eigenvalue weighted by Gasteiger charge is -2.25. The predicted octanol–water partition coefficient (Wildman–Crippen LogP) is 2.76. The molecule has 0 N–H and O–H groups in total. The quantitative estimate of drug-likeness (QED) is 0.811. The van der Waals surface area contributed by atoms with Gasteiger partial charge in [0.15, 0.2) is 6.79 Å². The Hall–Kier alpha value is -2.37. The van der Waals surface area contributed by atoms with Gasteiger partial charge in [0.25, 0.3) is 5.91 Å². The Morgan fingerprint density at radius 2 is 1.88 bits per heavy atom. The maximum Gasteiger partial charge on any atom is 0.254 e. The van der Waals surface area contributed by atoms with Crippen molar-refractivity contribution in [1.29, 1.82) is 0 Å². The van der Waals surface area contributed by atoms with Gasteiger partial charge in [0.05, 0.1) is 6.61 Å². The van der Waals surface area contributed by atoms with E-state index in [9.17, 15) is 4.79 Å². The Morgan fingerprint density at radius 1 is 1.08 bits per heavy atom. The van der Waals surface area contributed by atoms with E-state index >= 15 is 0 Å². The van der Waals surface area contributed by atoms with Gasteiger partial charge in [-0.15, -0.1) is 0 Å². The monoisotopic (exact) mass is 340 g/mol. The predicted molar refractivity (Wildman–Crippen MR) is 96.5 cm³/mol. The number of benzene rings is 2. The SMILES string of the molecule is CN(C)CCN(Cc1ccccc1)C(=O)c1ccc2c(c1)COCO2. The summed E-state index contributed by atoms with van der Waals surface area (Å²) in [4.78, 5) is 17.0. The molecule has 0 saturated heterocycles. The van der Waals surface area contributed by atoms with Crippen molar-refractivity contribution in [2.24, 2.45) is 0 Å². The standard InChI is InChI=1S/C20H24N2O3/c1-21(2)10-11-22(13-16-6-4-3-5-7-16)20(23)17-8-9-19-18(12-17)14-24-15-25-19/h3-9,12H,10-11,13-15H2,1-2H3. The number of ether oxygens (including phenoxy) is 2. The molecule has 0 bridgehead atoms. The van der Waals surface area contributed by atoms with Crippen molar-refractivity contribution in [2.75, 3.05) is 34.0 Å². The van der Waals surface area contributed by atoms with Crippen LogP contribution in [0.1, 0.15) is 21.5 Å². The van der Waals surface area contributed by atoms with Crippen LogP contribution in [0.2, 0.25) is 0 Å². The number of nitrogens with zero attached hydrogens (tertiary/aromatic N) is 2. The van der Waals surface area contributed by atoms with Gasteiger partial charge in [-0.05, 0) is 37.9 Å². The number of hydrogen-bond donors (Lipinski definition) is 0. The van der Waals surface area contributed by atoms with Gasteiger partial charge in [-0.3, -0.25) is 4.79 Å². The summed E-state index contributed by atoms with van der Waals surface area (Å²) in [6, 6.07) is 15.6. The van der Waals surface area contributed by atoms with Crippen LogP contribution in [0.5, 0.6) is 5.75 Å². The highest BCUT2D eigenvalue weighted by Gasteiger charge is 2.19. The molecule has 1 aliphatic rings. The van der Waals surface area contributed by atoms with Gasteiger partial charge in [0.1, 0.15) is 5.75 Å². The van der Waals surface area contributed by atoms with Gasteiger partial charge in [0.2, 0.25) is 0 Å². The molecule has 0 fully saturated rings. The van der Waals surface area contributed by atoms with Crippen LogP contribution in [-0.2, 0) is 17.9 Å². The molecule has 2 aromatic carbocycles. The summed E-state index contributed by atoms with van der Waals surface area (Å²) in [5.74, 6) is 0.824. The van der Waals surface area contributed by atoms with Gasteiger partial charge in [-0.2, -0.15) is 0 Å². The first kappa shape index (κ1) is 17.5.